The second-order valence-electron chi connectivity index (χ2n) is 5.21. The highest BCUT2D eigenvalue weighted by molar-refractivity contribution is 5.85. The number of hydrogen-bond acceptors (Lipinski definition) is 3. The van der Waals surface area contributed by atoms with E-state index >= 15 is 0 Å². The van der Waals surface area contributed by atoms with Crippen LogP contribution in [-0.4, -0.2) is 29.6 Å². The maximum atomic E-state index is 14.0. The molecular formula is C14H16FNO2. The van der Waals surface area contributed by atoms with Gasteiger partial charge >= 0.3 is 0 Å². The van der Waals surface area contributed by atoms with Crippen LogP contribution in [0, 0.1) is 5.82 Å². The summed E-state index contributed by atoms with van der Waals surface area (Å²) in [5.74, 6) is -0.340. The highest BCUT2D eigenvalue weighted by Crippen LogP contribution is 2.41. The summed E-state index contributed by atoms with van der Waals surface area (Å²) in [4.78, 5) is 13.1. The van der Waals surface area contributed by atoms with Gasteiger partial charge in [0.05, 0.1) is 11.8 Å². The standard InChI is InChI=1S/C14H16FNO2/c15-13-3-1-2-9(8-17)14(13)16-10-4-5-11(16)7-12(18)6-10/h1-3,8,10-12,18H,4-7H2. The molecule has 1 aromatic rings. The molecular weight excluding hydrogens is 233 g/mol. The van der Waals surface area contributed by atoms with Gasteiger partial charge in [-0.05, 0) is 37.8 Å². The minimum atomic E-state index is -0.340. The van der Waals surface area contributed by atoms with Crippen molar-refractivity contribution in [1.29, 1.82) is 0 Å². The first kappa shape index (κ1) is 11.7. The number of aliphatic hydroxyl groups excluding tert-OH is 1. The van der Waals surface area contributed by atoms with Gasteiger partial charge in [0, 0.05) is 17.6 Å². The molecule has 3 rings (SSSR count). The fourth-order valence-electron chi connectivity index (χ4n) is 3.41. The minimum Gasteiger partial charge on any atom is -0.393 e. The van der Waals surface area contributed by atoms with E-state index in [2.05, 4.69) is 0 Å². The van der Waals surface area contributed by atoms with Crippen LogP contribution in [0.1, 0.15) is 36.0 Å². The molecule has 2 heterocycles. The highest BCUT2D eigenvalue weighted by atomic mass is 19.1. The molecule has 2 bridgehead atoms. The van der Waals surface area contributed by atoms with Gasteiger partial charge in [-0.25, -0.2) is 4.39 Å². The lowest BCUT2D eigenvalue weighted by Gasteiger charge is -2.39. The SMILES string of the molecule is O=Cc1cccc(F)c1N1C2CCC1CC(O)C2. The maximum Gasteiger partial charge on any atom is 0.152 e. The first-order valence-corrected chi connectivity index (χ1v) is 6.41. The third kappa shape index (κ3) is 1.72. The summed E-state index contributed by atoms with van der Waals surface area (Å²) in [5, 5.41) is 9.76. The van der Waals surface area contributed by atoms with Gasteiger partial charge in [0.25, 0.3) is 0 Å². The van der Waals surface area contributed by atoms with Gasteiger partial charge in [0.15, 0.2) is 6.29 Å². The fraction of sp³-hybridized carbons (Fsp3) is 0.500. The van der Waals surface area contributed by atoms with E-state index in [1.165, 1.54) is 6.07 Å². The van der Waals surface area contributed by atoms with Gasteiger partial charge in [0.2, 0.25) is 0 Å². The largest absolute Gasteiger partial charge is 0.393 e. The van der Waals surface area contributed by atoms with Crippen molar-refractivity contribution in [3.05, 3.63) is 29.6 Å². The number of halogens is 1. The van der Waals surface area contributed by atoms with E-state index in [4.69, 9.17) is 0 Å². The van der Waals surface area contributed by atoms with E-state index in [0.717, 1.165) is 12.8 Å². The number of carbonyl (C=O) groups excluding carboxylic acids is 1. The lowest BCUT2D eigenvalue weighted by molar-refractivity contribution is 0.112. The van der Waals surface area contributed by atoms with Crippen molar-refractivity contribution in [2.45, 2.75) is 43.9 Å². The molecule has 3 nitrogen and oxygen atoms in total. The number of nitrogens with zero attached hydrogens (tertiary/aromatic N) is 1. The summed E-state index contributed by atoms with van der Waals surface area (Å²) in [5.41, 5.74) is 0.829. The molecule has 18 heavy (non-hydrogen) atoms. The van der Waals surface area contributed by atoms with E-state index in [1.807, 2.05) is 4.90 Å². The molecule has 0 radical (unpaired) electrons. The number of piperidine rings is 1. The van der Waals surface area contributed by atoms with Crippen molar-refractivity contribution in [2.75, 3.05) is 4.90 Å². The van der Waals surface area contributed by atoms with Crippen LogP contribution in [0.5, 0.6) is 0 Å². The summed E-state index contributed by atoms with van der Waals surface area (Å²) in [6.07, 6.45) is 3.70. The number of rotatable bonds is 2. The Morgan fingerprint density at radius 3 is 2.56 bits per heavy atom. The smallest absolute Gasteiger partial charge is 0.152 e. The van der Waals surface area contributed by atoms with E-state index in [0.29, 0.717) is 30.4 Å². The van der Waals surface area contributed by atoms with Crippen LogP contribution in [0.3, 0.4) is 0 Å². The van der Waals surface area contributed by atoms with Gasteiger partial charge in [-0.2, -0.15) is 0 Å². The summed E-state index contributed by atoms with van der Waals surface area (Å²) < 4.78 is 14.0. The Kier molecular flexibility index (Phi) is 2.82. The second-order valence-corrected chi connectivity index (χ2v) is 5.21. The van der Waals surface area contributed by atoms with Crippen molar-refractivity contribution in [3.8, 4) is 0 Å². The summed E-state index contributed by atoms with van der Waals surface area (Å²) >= 11 is 0. The number of aldehydes is 1. The van der Waals surface area contributed by atoms with Crippen LogP contribution < -0.4 is 4.90 Å². The molecule has 2 aliphatic rings. The number of para-hydroxylation sites is 1. The molecule has 2 saturated heterocycles. The summed E-state index contributed by atoms with van der Waals surface area (Å²) in [6.45, 7) is 0. The van der Waals surface area contributed by atoms with E-state index in [9.17, 15) is 14.3 Å². The Morgan fingerprint density at radius 1 is 1.28 bits per heavy atom. The zero-order chi connectivity index (χ0) is 12.7. The Labute approximate surface area is 105 Å². The monoisotopic (exact) mass is 249 g/mol. The van der Waals surface area contributed by atoms with Crippen LogP contribution in [0.2, 0.25) is 0 Å². The van der Waals surface area contributed by atoms with Gasteiger partial charge in [-0.3, -0.25) is 4.79 Å². The number of carbonyl (C=O) groups is 1. The Hall–Kier alpha value is -1.42. The lowest BCUT2D eigenvalue weighted by Crippen LogP contribution is -2.45. The Balaban J connectivity index is 2.03. The van der Waals surface area contributed by atoms with Crippen molar-refractivity contribution >= 4 is 12.0 Å². The maximum absolute atomic E-state index is 14.0. The molecule has 0 aliphatic carbocycles. The van der Waals surface area contributed by atoms with Crippen LogP contribution in [0.25, 0.3) is 0 Å². The van der Waals surface area contributed by atoms with Crippen LogP contribution in [0.15, 0.2) is 18.2 Å². The Bertz CT molecular complexity index is 463. The molecule has 1 N–H and O–H groups in total. The molecule has 0 aromatic heterocycles. The number of aliphatic hydroxyl groups is 1. The number of benzene rings is 1. The van der Waals surface area contributed by atoms with E-state index < -0.39 is 0 Å². The third-order valence-electron chi connectivity index (χ3n) is 4.11. The molecule has 0 saturated carbocycles. The first-order chi connectivity index (χ1) is 8.70. The van der Waals surface area contributed by atoms with E-state index in [-0.39, 0.29) is 24.0 Å². The van der Waals surface area contributed by atoms with Crippen LogP contribution in [-0.2, 0) is 0 Å². The zero-order valence-corrected chi connectivity index (χ0v) is 10.1. The first-order valence-electron chi connectivity index (χ1n) is 6.41. The van der Waals surface area contributed by atoms with E-state index in [1.54, 1.807) is 12.1 Å². The van der Waals surface area contributed by atoms with Gasteiger partial charge in [-0.1, -0.05) is 6.07 Å². The quantitative estimate of drug-likeness (QED) is 0.816. The van der Waals surface area contributed by atoms with Crippen molar-refractivity contribution in [1.82, 2.24) is 0 Å². The third-order valence-corrected chi connectivity index (χ3v) is 4.11. The second kappa shape index (κ2) is 4.35. The summed E-state index contributed by atoms with van der Waals surface area (Å²) in [6, 6.07) is 4.93. The summed E-state index contributed by atoms with van der Waals surface area (Å²) in [7, 11) is 0. The average molecular weight is 249 g/mol. The van der Waals surface area contributed by atoms with Crippen molar-refractivity contribution < 1.29 is 14.3 Å². The molecule has 1 aromatic carbocycles. The number of fused-ring (bicyclic) bond motifs is 2. The molecule has 2 aliphatic heterocycles. The molecule has 96 valence electrons. The fourth-order valence-corrected chi connectivity index (χ4v) is 3.41. The molecule has 4 heteroatoms. The topological polar surface area (TPSA) is 40.5 Å². The zero-order valence-electron chi connectivity index (χ0n) is 10.1. The number of anilines is 1. The molecule has 2 unspecified atom stereocenters. The molecule has 0 spiro atoms. The van der Waals surface area contributed by atoms with Gasteiger partial charge in [-0.15, -0.1) is 0 Å². The predicted molar refractivity (Wildman–Crippen MR) is 66.3 cm³/mol. The highest BCUT2D eigenvalue weighted by Gasteiger charge is 2.41. The van der Waals surface area contributed by atoms with Crippen LogP contribution >= 0.6 is 0 Å². The number of hydrogen-bond donors (Lipinski definition) is 1. The van der Waals surface area contributed by atoms with Crippen LogP contribution in [0.4, 0.5) is 10.1 Å². The normalized spacial score (nSPS) is 30.6. The van der Waals surface area contributed by atoms with Gasteiger partial charge in [0.1, 0.15) is 5.82 Å². The molecule has 2 fully saturated rings. The van der Waals surface area contributed by atoms with Gasteiger partial charge < -0.3 is 10.0 Å². The predicted octanol–water partition coefficient (Wildman–Crippen LogP) is 2.13. The molecule has 0 amide bonds. The minimum absolute atomic E-state index is 0.161. The average Bonchev–Trinajstić information content (AvgIpc) is 2.61. The Morgan fingerprint density at radius 2 is 1.94 bits per heavy atom. The molecule has 2 atom stereocenters. The van der Waals surface area contributed by atoms with Crippen molar-refractivity contribution in [3.63, 3.8) is 0 Å². The lowest BCUT2D eigenvalue weighted by atomic mass is 9.98. The van der Waals surface area contributed by atoms with Crippen molar-refractivity contribution in [2.24, 2.45) is 0 Å².